The van der Waals surface area contributed by atoms with Crippen LogP contribution in [0.5, 0.6) is 5.75 Å². The van der Waals surface area contributed by atoms with Crippen molar-refractivity contribution >= 4 is 11.6 Å². The molecule has 144 valence electrons. The van der Waals surface area contributed by atoms with Crippen LogP contribution in [0.3, 0.4) is 0 Å². The van der Waals surface area contributed by atoms with Gasteiger partial charge in [0, 0.05) is 37.9 Å². The molecule has 0 radical (unpaired) electrons. The normalized spacial score (nSPS) is 14.4. The number of ether oxygens (including phenoxy) is 1. The van der Waals surface area contributed by atoms with Crippen molar-refractivity contribution in [3.63, 3.8) is 0 Å². The topological polar surface area (TPSA) is 32.8 Å². The summed E-state index contributed by atoms with van der Waals surface area (Å²) in [5, 5.41) is 0. The third-order valence-corrected chi connectivity index (χ3v) is 4.24. The van der Waals surface area contributed by atoms with Gasteiger partial charge in [-0.2, -0.15) is 8.78 Å². The lowest BCUT2D eigenvalue weighted by molar-refractivity contribution is -0.133. The first kappa shape index (κ1) is 18.9. The van der Waals surface area contributed by atoms with Crippen molar-refractivity contribution in [1.29, 1.82) is 0 Å². The summed E-state index contributed by atoms with van der Waals surface area (Å²) in [5.41, 5.74) is 0.805. The van der Waals surface area contributed by atoms with Crippen molar-refractivity contribution in [3.8, 4) is 5.75 Å². The van der Waals surface area contributed by atoms with E-state index in [4.69, 9.17) is 4.74 Å². The number of nitrogens with zero attached hydrogens (tertiary/aromatic N) is 2. The van der Waals surface area contributed by atoms with Gasteiger partial charge < -0.3 is 14.5 Å². The fraction of sp³-hybridized carbons (Fsp3) is 0.278. The number of carbonyl (C=O) groups excluding carboxylic acids is 1. The van der Waals surface area contributed by atoms with Crippen molar-refractivity contribution < 1.29 is 31.5 Å². The summed E-state index contributed by atoms with van der Waals surface area (Å²) in [6.45, 7) is 0.792. The Bertz CT molecular complexity index is 810. The first-order valence-corrected chi connectivity index (χ1v) is 8.11. The number of hydrogen-bond acceptors (Lipinski definition) is 3. The van der Waals surface area contributed by atoms with Gasteiger partial charge in [0.05, 0.1) is 0 Å². The van der Waals surface area contributed by atoms with Crippen LogP contribution in [0.2, 0.25) is 0 Å². The molecule has 27 heavy (non-hydrogen) atoms. The van der Waals surface area contributed by atoms with E-state index in [2.05, 4.69) is 0 Å². The van der Waals surface area contributed by atoms with Crippen LogP contribution in [0.1, 0.15) is 0 Å². The number of benzene rings is 2. The Morgan fingerprint density at radius 3 is 2.00 bits per heavy atom. The molecule has 1 aliphatic heterocycles. The zero-order chi connectivity index (χ0) is 19.6. The van der Waals surface area contributed by atoms with Crippen molar-refractivity contribution in [1.82, 2.24) is 4.90 Å². The quantitative estimate of drug-likeness (QED) is 0.598. The lowest BCUT2D eigenvalue weighted by Crippen LogP contribution is -2.50. The third kappa shape index (κ3) is 4.12. The summed E-state index contributed by atoms with van der Waals surface area (Å²) in [6, 6.07) is 5.98. The Morgan fingerprint density at radius 2 is 1.44 bits per heavy atom. The molecular weight excluding hydrogens is 371 g/mol. The molecule has 0 unspecified atom stereocenters. The third-order valence-electron chi connectivity index (χ3n) is 4.24. The number of rotatable bonds is 4. The monoisotopic (exact) mass is 386 g/mol. The highest BCUT2D eigenvalue weighted by atomic mass is 19.2. The second kappa shape index (κ2) is 7.81. The van der Waals surface area contributed by atoms with Crippen LogP contribution < -0.4 is 9.64 Å². The molecule has 1 aliphatic rings. The Labute approximate surface area is 151 Å². The Balaban J connectivity index is 1.57. The molecule has 3 rings (SSSR count). The van der Waals surface area contributed by atoms with E-state index in [1.165, 1.54) is 17.0 Å². The highest BCUT2D eigenvalue weighted by molar-refractivity contribution is 5.78. The van der Waals surface area contributed by atoms with Gasteiger partial charge in [0.25, 0.3) is 5.91 Å². The summed E-state index contributed by atoms with van der Waals surface area (Å²) < 4.78 is 71.0. The molecule has 1 heterocycles. The minimum atomic E-state index is -1.69. The van der Waals surface area contributed by atoms with Gasteiger partial charge in [-0.3, -0.25) is 4.79 Å². The lowest BCUT2D eigenvalue weighted by atomic mass is 10.2. The van der Waals surface area contributed by atoms with E-state index in [0.717, 1.165) is 5.69 Å². The van der Waals surface area contributed by atoms with E-state index in [1.807, 2.05) is 4.90 Å². The predicted octanol–water partition coefficient (Wildman–Crippen LogP) is 3.11. The number of carbonyl (C=O) groups is 1. The largest absolute Gasteiger partial charge is 0.477 e. The van der Waals surface area contributed by atoms with Crippen LogP contribution in [0.25, 0.3) is 0 Å². The van der Waals surface area contributed by atoms with Crippen LogP contribution in [-0.2, 0) is 4.79 Å². The van der Waals surface area contributed by atoms with Gasteiger partial charge in [0.2, 0.25) is 11.6 Å². The standard InChI is InChI=1S/C18H15F5N2O2/c19-11-1-3-12(4-2-11)24-5-7-25(8-6-24)15(26)10-27-18-16(22)13(20)9-14(21)17(18)23/h1-4,9H,5-8,10H2. The molecule has 2 aromatic rings. The molecule has 2 aromatic carbocycles. The van der Waals surface area contributed by atoms with Gasteiger partial charge >= 0.3 is 0 Å². The smallest absolute Gasteiger partial charge is 0.260 e. The molecule has 0 aromatic heterocycles. The van der Waals surface area contributed by atoms with Gasteiger partial charge in [-0.1, -0.05) is 0 Å². The van der Waals surface area contributed by atoms with Gasteiger partial charge in [-0.15, -0.1) is 0 Å². The van der Waals surface area contributed by atoms with Gasteiger partial charge in [0.1, 0.15) is 5.82 Å². The molecule has 0 bridgehead atoms. The second-order valence-electron chi connectivity index (χ2n) is 5.93. The van der Waals surface area contributed by atoms with Crippen molar-refractivity contribution in [2.75, 3.05) is 37.7 Å². The zero-order valence-electron chi connectivity index (χ0n) is 14.0. The first-order valence-electron chi connectivity index (χ1n) is 8.11. The van der Waals surface area contributed by atoms with Crippen LogP contribution in [-0.4, -0.2) is 43.6 Å². The molecule has 0 spiro atoms. The lowest BCUT2D eigenvalue weighted by Gasteiger charge is -2.36. The van der Waals surface area contributed by atoms with Gasteiger partial charge in [-0.05, 0) is 24.3 Å². The van der Waals surface area contributed by atoms with Crippen LogP contribution >= 0.6 is 0 Å². The fourth-order valence-electron chi connectivity index (χ4n) is 2.77. The van der Waals surface area contributed by atoms with Gasteiger partial charge in [-0.25, -0.2) is 13.2 Å². The Hall–Kier alpha value is -2.84. The minimum absolute atomic E-state index is 0.0635. The summed E-state index contributed by atoms with van der Waals surface area (Å²) in [6.07, 6.45) is 0. The van der Waals surface area contributed by atoms with Gasteiger partial charge in [0.15, 0.2) is 24.0 Å². The highest BCUT2D eigenvalue weighted by Gasteiger charge is 2.25. The maximum Gasteiger partial charge on any atom is 0.260 e. The van der Waals surface area contributed by atoms with Crippen LogP contribution in [0.4, 0.5) is 27.6 Å². The molecule has 1 fully saturated rings. The van der Waals surface area contributed by atoms with E-state index >= 15 is 0 Å². The first-order chi connectivity index (χ1) is 12.9. The molecular formula is C18H15F5N2O2. The van der Waals surface area contributed by atoms with E-state index in [1.54, 1.807) is 12.1 Å². The molecule has 9 heteroatoms. The van der Waals surface area contributed by atoms with E-state index < -0.39 is 41.5 Å². The summed E-state index contributed by atoms with van der Waals surface area (Å²) in [4.78, 5) is 15.5. The minimum Gasteiger partial charge on any atom is -0.477 e. The summed E-state index contributed by atoms with van der Waals surface area (Å²) in [5.74, 6) is -8.78. The maximum absolute atomic E-state index is 13.5. The average Bonchev–Trinajstić information content (AvgIpc) is 2.67. The fourth-order valence-corrected chi connectivity index (χ4v) is 2.77. The predicted molar refractivity (Wildman–Crippen MR) is 87.0 cm³/mol. The van der Waals surface area contributed by atoms with Crippen molar-refractivity contribution in [2.45, 2.75) is 0 Å². The number of piperazine rings is 1. The molecule has 1 saturated heterocycles. The molecule has 4 nitrogen and oxygen atoms in total. The highest BCUT2D eigenvalue weighted by Crippen LogP contribution is 2.26. The number of amides is 1. The summed E-state index contributed by atoms with van der Waals surface area (Å²) >= 11 is 0. The molecule has 0 aliphatic carbocycles. The number of hydrogen-bond donors (Lipinski definition) is 0. The van der Waals surface area contributed by atoms with Crippen LogP contribution in [0, 0.1) is 29.1 Å². The Morgan fingerprint density at radius 1 is 0.889 bits per heavy atom. The van der Waals surface area contributed by atoms with E-state index in [9.17, 15) is 26.7 Å². The van der Waals surface area contributed by atoms with Crippen molar-refractivity contribution in [2.24, 2.45) is 0 Å². The zero-order valence-corrected chi connectivity index (χ0v) is 14.0. The number of anilines is 1. The van der Waals surface area contributed by atoms with Crippen molar-refractivity contribution in [3.05, 3.63) is 59.4 Å². The van der Waals surface area contributed by atoms with Crippen LogP contribution in [0.15, 0.2) is 30.3 Å². The molecule has 0 saturated carbocycles. The SMILES string of the molecule is O=C(COc1c(F)c(F)cc(F)c1F)N1CCN(c2ccc(F)cc2)CC1. The second-order valence-corrected chi connectivity index (χ2v) is 5.93. The number of halogens is 5. The summed E-state index contributed by atoms with van der Waals surface area (Å²) in [7, 11) is 0. The molecule has 0 atom stereocenters. The van der Waals surface area contributed by atoms with E-state index in [-0.39, 0.29) is 11.9 Å². The average molecular weight is 386 g/mol. The molecule has 1 amide bonds. The van der Waals surface area contributed by atoms with E-state index in [0.29, 0.717) is 26.2 Å². The molecule has 0 N–H and O–H groups in total. The maximum atomic E-state index is 13.5. The Kier molecular flexibility index (Phi) is 5.48.